The number of ether oxygens (including phenoxy) is 1. The molecule has 0 aliphatic rings. The van der Waals surface area contributed by atoms with Crippen LogP contribution in [0.3, 0.4) is 0 Å². The molecular weight excluding hydrogens is 396 g/mol. The lowest BCUT2D eigenvalue weighted by Crippen LogP contribution is -2.15. The van der Waals surface area contributed by atoms with Crippen LogP contribution in [0.2, 0.25) is 0 Å². The Labute approximate surface area is 170 Å². The molecule has 0 unspecified atom stereocenters. The summed E-state index contributed by atoms with van der Waals surface area (Å²) in [6.07, 6.45) is 0. The van der Waals surface area contributed by atoms with Crippen LogP contribution in [0.15, 0.2) is 47.6 Å². The number of nitrogens with one attached hydrogen (secondary N) is 1. The smallest absolute Gasteiger partial charge is 0.293 e. The Bertz CT molecular complexity index is 1040. The van der Waals surface area contributed by atoms with Crippen molar-refractivity contribution in [3.05, 3.63) is 58.1 Å². The molecule has 0 aliphatic heterocycles. The van der Waals surface area contributed by atoms with Gasteiger partial charge in [-0.3, -0.25) is 14.9 Å². The van der Waals surface area contributed by atoms with Gasteiger partial charge in [0.05, 0.1) is 17.3 Å². The summed E-state index contributed by atoms with van der Waals surface area (Å²) in [6, 6.07) is 11.9. The van der Waals surface area contributed by atoms with E-state index in [-0.39, 0.29) is 17.1 Å². The van der Waals surface area contributed by atoms with E-state index in [4.69, 9.17) is 4.74 Å². The Morgan fingerprint density at radius 2 is 2.10 bits per heavy atom. The lowest BCUT2D eigenvalue weighted by molar-refractivity contribution is -0.384. The zero-order chi connectivity index (χ0) is 20.8. The molecule has 0 radical (unpaired) electrons. The fraction of sp³-hybridized carbons (Fsp3) is 0.222. The van der Waals surface area contributed by atoms with Crippen molar-refractivity contribution in [3.63, 3.8) is 0 Å². The maximum Gasteiger partial charge on any atom is 0.293 e. The topological polar surface area (TPSA) is 125 Å². The van der Waals surface area contributed by atoms with Crippen molar-refractivity contribution < 1.29 is 14.5 Å². The number of nitro groups is 1. The Hall–Kier alpha value is -3.47. The minimum absolute atomic E-state index is 0.0256. The van der Waals surface area contributed by atoms with Gasteiger partial charge in [-0.2, -0.15) is 4.68 Å². The van der Waals surface area contributed by atoms with E-state index in [1.165, 1.54) is 16.8 Å². The second-order valence-electron chi connectivity index (χ2n) is 5.89. The van der Waals surface area contributed by atoms with Crippen molar-refractivity contribution >= 4 is 29.0 Å². The van der Waals surface area contributed by atoms with Crippen LogP contribution >= 0.6 is 11.8 Å². The largest absolute Gasteiger partial charge is 0.492 e. The predicted octanol–water partition coefficient (Wildman–Crippen LogP) is 3.01. The Kier molecular flexibility index (Phi) is 6.39. The van der Waals surface area contributed by atoms with E-state index >= 15 is 0 Å². The fourth-order valence-corrected chi connectivity index (χ4v) is 3.23. The summed E-state index contributed by atoms with van der Waals surface area (Å²) in [5, 5.41) is 25.8. The first-order chi connectivity index (χ1) is 14.0. The number of para-hydroxylation sites is 2. The van der Waals surface area contributed by atoms with Gasteiger partial charge >= 0.3 is 0 Å². The van der Waals surface area contributed by atoms with Crippen LogP contribution in [0.25, 0.3) is 5.69 Å². The molecule has 0 spiro atoms. The maximum absolute atomic E-state index is 12.3. The van der Waals surface area contributed by atoms with Gasteiger partial charge in [0, 0.05) is 6.07 Å². The maximum atomic E-state index is 12.3. The number of nitrogens with zero attached hydrogens (tertiary/aromatic N) is 5. The van der Waals surface area contributed by atoms with Gasteiger partial charge in [-0.25, -0.2) is 0 Å². The number of amides is 1. The van der Waals surface area contributed by atoms with Gasteiger partial charge in [0.2, 0.25) is 11.1 Å². The molecule has 0 atom stereocenters. The molecule has 10 nitrogen and oxygen atoms in total. The number of nitro benzene ring substituents is 1. The number of rotatable bonds is 8. The quantitative estimate of drug-likeness (QED) is 0.339. The van der Waals surface area contributed by atoms with Crippen LogP contribution in [0.1, 0.15) is 12.5 Å². The van der Waals surface area contributed by atoms with Crippen molar-refractivity contribution in [3.8, 4) is 11.4 Å². The second-order valence-corrected chi connectivity index (χ2v) is 6.83. The average Bonchev–Trinajstić information content (AvgIpc) is 3.17. The predicted molar refractivity (Wildman–Crippen MR) is 108 cm³/mol. The van der Waals surface area contributed by atoms with E-state index in [0.29, 0.717) is 23.2 Å². The molecule has 3 aromatic rings. The van der Waals surface area contributed by atoms with Crippen LogP contribution in [0.4, 0.5) is 11.4 Å². The standard InChI is InChI=1S/C18H18N6O4S/c1-3-28-16-7-5-4-6-14(16)23-18(20-21-22-23)29-11-17(25)19-13-9-8-12(2)10-15(13)24(26)27/h4-10H,3,11H2,1-2H3,(H,19,25). The molecule has 1 amide bonds. The van der Waals surface area contributed by atoms with Crippen molar-refractivity contribution in [2.45, 2.75) is 19.0 Å². The zero-order valence-electron chi connectivity index (χ0n) is 15.7. The molecule has 1 aromatic heterocycles. The van der Waals surface area contributed by atoms with Gasteiger partial charge in [0.15, 0.2) is 0 Å². The molecule has 1 N–H and O–H groups in total. The molecule has 0 fully saturated rings. The summed E-state index contributed by atoms with van der Waals surface area (Å²) in [5.41, 5.74) is 1.37. The summed E-state index contributed by atoms with van der Waals surface area (Å²) in [7, 11) is 0. The molecule has 11 heteroatoms. The highest BCUT2D eigenvalue weighted by Gasteiger charge is 2.18. The minimum Gasteiger partial charge on any atom is -0.492 e. The summed E-state index contributed by atoms with van der Waals surface area (Å²) < 4.78 is 7.08. The molecule has 1 heterocycles. The van der Waals surface area contributed by atoms with Crippen molar-refractivity contribution in [2.24, 2.45) is 0 Å². The number of anilines is 1. The lowest BCUT2D eigenvalue weighted by atomic mass is 10.2. The van der Waals surface area contributed by atoms with Gasteiger partial charge in [-0.1, -0.05) is 30.0 Å². The molecule has 0 aliphatic carbocycles. The Morgan fingerprint density at radius 1 is 1.31 bits per heavy atom. The van der Waals surface area contributed by atoms with Gasteiger partial charge in [0.25, 0.3) is 5.69 Å². The second kappa shape index (κ2) is 9.15. The van der Waals surface area contributed by atoms with Crippen LogP contribution in [-0.4, -0.2) is 43.4 Å². The van der Waals surface area contributed by atoms with E-state index < -0.39 is 10.8 Å². The normalized spacial score (nSPS) is 10.6. The molecule has 3 rings (SSSR count). The molecule has 0 bridgehead atoms. The van der Waals surface area contributed by atoms with Crippen LogP contribution < -0.4 is 10.1 Å². The van der Waals surface area contributed by atoms with Gasteiger partial charge in [0.1, 0.15) is 17.1 Å². The van der Waals surface area contributed by atoms with Gasteiger partial charge in [-0.15, -0.1) is 5.10 Å². The van der Waals surface area contributed by atoms with E-state index in [0.717, 1.165) is 17.3 Å². The van der Waals surface area contributed by atoms with Gasteiger partial charge < -0.3 is 10.1 Å². The third-order valence-corrected chi connectivity index (χ3v) is 4.71. The van der Waals surface area contributed by atoms with Crippen LogP contribution in [0, 0.1) is 17.0 Å². The first-order valence-corrected chi connectivity index (χ1v) is 9.66. The number of carbonyl (C=O) groups is 1. The number of hydrogen-bond acceptors (Lipinski definition) is 8. The highest BCUT2D eigenvalue weighted by atomic mass is 32.2. The average molecular weight is 414 g/mol. The van der Waals surface area contributed by atoms with E-state index in [9.17, 15) is 14.9 Å². The lowest BCUT2D eigenvalue weighted by Gasteiger charge is -2.10. The summed E-state index contributed by atoms with van der Waals surface area (Å²) in [5.74, 6) is 0.181. The van der Waals surface area contributed by atoms with Crippen molar-refractivity contribution in [2.75, 3.05) is 17.7 Å². The Morgan fingerprint density at radius 3 is 2.86 bits per heavy atom. The molecule has 0 saturated carbocycles. The molecule has 0 saturated heterocycles. The highest BCUT2D eigenvalue weighted by Crippen LogP contribution is 2.27. The fourth-order valence-electron chi connectivity index (χ4n) is 2.54. The van der Waals surface area contributed by atoms with Crippen LogP contribution in [0.5, 0.6) is 5.75 Å². The summed E-state index contributed by atoms with van der Waals surface area (Å²) in [4.78, 5) is 23.0. The number of carbonyl (C=O) groups excluding carboxylic acids is 1. The van der Waals surface area contributed by atoms with Gasteiger partial charge in [-0.05, 0) is 48.0 Å². The minimum atomic E-state index is -0.527. The summed E-state index contributed by atoms with van der Waals surface area (Å²) in [6.45, 7) is 4.11. The molecular formula is C18H18N6O4S. The van der Waals surface area contributed by atoms with E-state index in [1.807, 2.05) is 19.1 Å². The monoisotopic (exact) mass is 414 g/mol. The SMILES string of the molecule is CCOc1ccccc1-n1nnnc1SCC(=O)Nc1ccc(C)cc1[N+](=O)[O-]. The first-order valence-electron chi connectivity index (χ1n) is 8.68. The van der Waals surface area contributed by atoms with Crippen molar-refractivity contribution in [1.82, 2.24) is 20.2 Å². The van der Waals surface area contributed by atoms with Crippen LogP contribution in [-0.2, 0) is 4.79 Å². The third kappa shape index (κ3) is 4.88. The summed E-state index contributed by atoms with van der Waals surface area (Å²) >= 11 is 1.11. The molecule has 150 valence electrons. The molecule has 29 heavy (non-hydrogen) atoms. The zero-order valence-corrected chi connectivity index (χ0v) is 16.5. The highest BCUT2D eigenvalue weighted by molar-refractivity contribution is 7.99. The number of aromatic nitrogens is 4. The van der Waals surface area contributed by atoms with E-state index in [2.05, 4.69) is 20.8 Å². The number of tetrazole rings is 1. The number of hydrogen-bond donors (Lipinski definition) is 1. The molecule has 2 aromatic carbocycles. The number of aryl methyl sites for hydroxylation is 1. The van der Waals surface area contributed by atoms with E-state index in [1.54, 1.807) is 25.1 Å². The van der Waals surface area contributed by atoms with Crippen molar-refractivity contribution in [1.29, 1.82) is 0 Å². The Balaban J connectivity index is 1.72. The number of thioether (sulfide) groups is 1. The first kappa shape index (κ1) is 20.3. The third-order valence-electron chi connectivity index (χ3n) is 3.79. The number of benzene rings is 2.